The molecule has 3 atom stereocenters. The van der Waals surface area contributed by atoms with Crippen molar-refractivity contribution < 1.29 is 45.1 Å². The number of anilines is 1. The molecule has 0 bridgehead atoms. The van der Waals surface area contributed by atoms with Crippen LogP contribution in [0.3, 0.4) is 0 Å². The van der Waals surface area contributed by atoms with E-state index in [2.05, 4.69) is 15.4 Å². The SMILES string of the molecule is C/C=C\CCCCC[C@H](Nc1cc(F)cc(C(F)(F)F)c1)C(=O)N1C[C@H](Oc2nc3ccccc3n2CC(C)C)C[C@H]1C(=O)NC1(C(=O)NS(=O)(=O)C2(C)CC2)CC1. The number of alkyl halides is 3. The third kappa shape index (κ3) is 9.78. The molecule has 17 heteroatoms. The topological polar surface area (TPSA) is 152 Å². The molecule has 12 nitrogen and oxygen atoms in total. The van der Waals surface area contributed by atoms with Gasteiger partial charge in [-0.15, -0.1) is 0 Å². The smallest absolute Gasteiger partial charge is 0.416 e. The van der Waals surface area contributed by atoms with Crippen LogP contribution < -0.4 is 20.1 Å². The monoisotopic (exact) mass is 832 g/mol. The summed E-state index contributed by atoms with van der Waals surface area (Å²) in [4.78, 5) is 48.4. The number of fused-ring (bicyclic) bond motifs is 1. The Morgan fingerprint density at radius 2 is 1.78 bits per heavy atom. The van der Waals surface area contributed by atoms with Crippen molar-refractivity contribution in [3.63, 3.8) is 0 Å². The fourth-order valence-electron chi connectivity index (χ4n) is 7.30. The number of likely N-dealkylation sites (tertiary alicyclic amines) is 1. The third-order valence-corrected chi connectivity index (χ3v) is 13.3. The van der Waals surface area contributed by atoms with Gasteiger partial charge < -0.3 is 20.3 Å². The molecule has 2 heterocycles. The molecule has 1 aliphatic heterocycles. The summed E-state index contributed by atoms with van der Waals surface area (Å²) in [5.74, 6) is -3.14. The summed E-state index contributed by atoms with van der Waals surface area (Å²) < 4.78 is 91.0. The van der Waals surface area contributed by atoms with Gasteiger partial charge in [0.05, 0.1) is 27.9 Å². The van der Waals surface area contributed by atoms with Gasteiger partial charge in [0.15, 0.2) is 0 Å². The van der Waals surface area contributed by atoms with Crippen molar-refractivity contribution >= 4 is 44.5 Å². The summed E-state index contributed by atoms with van der Waals surface area (Å²) >= 11 is 0. The van der Waals surface area contributed by atoms with Gasteiger partial charge in [0.2, 0.25) is 21.8 Å². The van der Waals surface area contributed by atoms with E-state index in [4.69, 9.17) is 9.72 Å². The van der Waals surface area contributed by atoms with Crippen LogP contribution in [0.25, 0.3) is 11.0 Å². The molecule has 3 amide bonds. The minimum Gasteiger partial charge on any atom is -0.459 e. The highest BCUT2D eigenvalue weighted by Gasteiger charge is 2.57. The second-order valence-electron chi connectivity index (χ2n) is 16.5. The van der Waals surface area contributed by atoms with Crippen LogP contribution in [0.5, 0.6) is 6.01 Å². The number of carbonyl (C=O) groups is 3. The Kier molecular flexibility index (Phi) is 12.5. The number of unbranched alkanes of at least 4 members (excludes halogenated alkanes) is 3. The maximum absolute atomic E-state index is 14.7. The number of ether oxygens (including phenoxy) is 1. The molecule has 1 aromatic heterocycles. The molecule has 0 spiro atoms. The minimum atomic E-state index is -4.85. The van der Waals surface area contributed by atoms with Crippen molar-refractivity contribution in [1.82, 2.24) is 24.5 Å². The number of amides is 3. The average molecular weight is 833 g/mol. The molecular weight excluding hydrogens is 781 g/mol. The molecule has 2 aliphatic carbocycles. The summed E-state index contributed by atoms with van der Waals surface area (Å²) in [6.07, 6.45) is 2.33. The predicted octanol–water partition coefficient (Wildman–Crippen LogP) is 6.85. The highest BCUT2D eigenvalue weighted by atomic mass is 32.2. The van der Waals surface area contributed by atoms with Crippen molar-refractivity contribution in [3.8, 4) is 6.01 Å². The summed E-state index contributed by atoms with van der Waals surface area (Å²) in [6.45, 7) is 7.96. The number of imidazole rings is 1. The van der Waals surface area contributed by atoms with E-state index in [1.165, 1.54) is 4.90 Å². The lowest BCUT2D eigenvalue weighted by atomic mass is 10.0. The Labute approximate surface area is 336 Å². The molecule has 6 rings (SSSR count). The number of benzene rings is 2. The maximum Gasteiger partial charge on any atom is 0.416 e. The quantitative estimate of drug-likeness (QED) is 0.0716. The van der Waals surface area contributed by atoms with E-state index >= 15 is 0 Å². The van der Waals surface area contributed by atoms with Crippen LogP contribution in [0.15, 0.2) is 54.6 Å². The van der Waals surface area contributed by atoms with Crippen LogP contribution in [0, 0.1) is 11.7 Å². The number of nitrogens with one attached hydrogen (secondary N) is 3. The molecule has 1 saturated heterocycles. The number of allylic oxidation sites excluding steroid dienone is 2. The Hall–Kier alpha value is -4.67. The molecular formula is C41H52F4N6O6S. The number of para-hydroxylation sites is 2. The van der Waals surface area contributed by atoms with E-state index in [1.807, 2.05) is 61.8 Å². The molecule has 0 radical (unpaired) electrons. The van der Waals surface area contributed by atoms with Crippen molar-refractivity contribution in [1.29, 1.82) is 0 Å². The normalized spacial score (nSPS) is 20.3. The summed E-state index contributed by atoms with van der Waals surface area (Å²) in [5, 5.41) is 5.58. The van der Waals surface area contributed by atoms with Crippen LogP contribution in [-0.4, -0.2) is 75.6 Å². The van der Waals surface area contributed by atoms with E-state index in [0.29, 0.717) is 43.8 Å². The van der Waals surface area contributed by atoms with Gasteiger partial charge in [-0.25, -0.2) is 12.8 Å². The van der Waals surface area contributed by atoms with Crippen molar-refractivity contribution in [2.45, 2.75) is 133 Å². The van der Waals surface area contributed by atoms with Crippen molar-refractivity contribution in [2.75, 3.05) is 11.9 Å². The van der Waals surface area contributed by atoms with E-state index in [1.54, 1.807) is 6.92 Å². The van der Waals surface area contributed by atoms with Gasteiger partial charge in [0.25, 0.3) is 11.9 Å². The lowest BCUT2D eigenvalue weighted by Crippen LogP contribution is -2.57. The Morgan fingerprint density at radius 1 is 1.05 bits per heavy atom. The zero-order valence-corrected chi connectivity index (χ0v) is 34.0. The first-order chi connectivity index (χ1) is 27.3. The molecule has 2 saturated carbocycles. The minimum absolute atomic E-state index is 0.0369. The highest BCUT2D eigenvalue weighted by molar-refractivity contribution is 7.91. The zero-order valence-electron chi connectivity index (χ0n) is 33.2. The van der Waals surface area contributed by atoms with Gasteiger partial charge in [0, 0.05) is 18.7 Å². The fraction of sp³-hybridized carbons (Fsp3) is 0.561. The highest BCUT2D eigenvalue weighted by Crippen LogP contribution is 2.44. The molecule has 3 fully saturated rings. The standard InChI is InChI=1S/C41H52F4N6O6S/c1-5-6-7-8-9-10-14-32(46-29-21-27(41(43,44)45)20-28(42)22-29)36(53)50-25-30(57-38-47-31-13-11-12-15-33(31)51(38)24-26(2)3)23-34(50)35(52)48-40(18-19-40)37(54)49-58(55,56)39(4)16-17-39/h5-6,11-13,15,20-22,26,30,32,34,46H,7-10,14,16-19,23-25H2,1-4H3,(H,48,52)(H,49,54)/b6-5-/t30-,32+,34+/m1/s1. The number of carbonyl (C=O) groups excluding carboxylic acids is 3. The Bertz CT molecular complexity index is 2150. The van der Waals surface area contributed by atoms with E-state index in [-0.39, 0.29) is 49.8 Å². The Balaban J connectivity index is 1.29. The van der Waals surface area contributed by atoms with Gasteiger partial charge in [-0.3, -0.25) is 23.7 Å². The van der Waals surface area contributed by atoms with Gasteiger partial charge in [-0.05, 0) is 95.0 Å². The number of rotatable bonds is 18. The lowest BCUT2D eigenvalue weighted by Gasteiger charge is -2.30. The third-order valence-electron chi connectivity index (χ3n) is 11.1. The molecule has 3 N–H and O–H groups in total. The molecule has 2 aromatic carbocycles. The summed E-state index contributed by atoms with van der Waals surface area (Å²) in [6, 6.07) is 7.35. The van der Waals surface area contributed by atoms with Crippen LogP contribution in [-0.2, 0) is 37.1 Å². The van der Waals surface area contributed by atoms with Gasteiger partial charge in [-0.2, -0.15) is 18.2 Å². The summed E-state index contributed by atoms with van der Waals surface area (Å²) in [5.41, 5.74) is -1.48. The number of nitrogens with zero attached hydrogens (tertiary/aromatic N) is 3. The number of hydrogen-bond donors (Lipinski definition) is 3. The van der Waals surface area contributed by atoms with Crippen molar-refractivity contribution in [3.05, 3.63) is 66.0 Å². The van der Waals surface area contributed by atoms with Crippen LogP contribution in [0.2, 0.25) is 0 Å². The van der Waals surface area contributed by atoms with Crippen LogP contribution in [0.4, 0.5) is 23.2 Å². The fourth-order valence-corrected chi connectivity index (χ4v) is 8.62. The molecule has 3 aliphatic rings. The predicted molar refractivity (Wildman–Crippen MR) is 211 cm³/mol. The van der Waals surface area contributed by atoms with Crippen molar-refractivity contribution in [2.24, 2.45) is 5.92 Å². The largest absolute Gasteiger partial charge is 0.459 e. The van der Waals surface area contributed by atoms with Gasteiger partial charge in [-0.1, -0.05) is 51.0 Å². The second kappa shape index (κ2) is 16.9. The zero-order chi connectivity index (χ0) is 42.0. The number of hydrogen-bond acceptors (Lipinski definition) is 8. The number of sulfonamides is 1. The van der Waals surface area contributed by atoms with Crippen LogP contribution >= 0.6 is 0 Å². The molecule has 3 aromatic rings. The first-order valence-electron chi connectivity index (χ1n) is 19.9. The van der Waals surface area contributed by atoms with Crippen LogP contribution in [0.1, 0.15) is 97.5 Å². The van der Waals surface area contributed by atoms with Gasteiger partial charge >= 0.3 is 6.18 Å². The number of halogens is 4. The molecule has 58 heavy (non-hydrogen) atoms. The first kappa shape index (κ1) is 42.9. The average Bonchev–Trinajstić information content (AvgIpc) is 4.04. The van der Waals surface area contributed by atoms with E-state index < -0.39 is 73.8 Å². The number of aromatic nitrogens is 2. The molecule has 0 unspecified atom stereocenters. The second-order valence-corrected chi connectivity index (χ2v) is 18.7. The lowest BCUT2D eigenvalue weighted by molar-refractivity contribution is -0.140. The van der Waals surface area contributed by atoms with E-state index in [9.17, 15) is 40.4 Å². The van der Waals surface area contributed by atoms with Gasteiger partial charge in [0.1, 0.15) is 29.5 Å². The maximum atomic E-state index is 14.7. The van der Waals surface area contributed by atoms with E-state index in [0.717, 1.165) is 30.5 Å². The molecule has 316 valence electrons. The summed E-state index contributed by atoms with van der Waals surface area (Å²) in [7, 11) is -4.00. The Morgan fingerprint density at radius 3 is 2.43 bits per heavy atom. The first-order valence-corrected chi connectivity index (χ1v) is 21.4.